The molecule has 0 atom stereocenters. The molecule has 35 heavy (non-hydrogen) atoms. The van der Waals surface area contributed by atoms with Gasteiger partial charge in [0, 0.05) is 32.6 Å². The Morgan fingerprint density at radius 1 is 1.31 bits per heavy atom. The van der Waals surface area contributed by atoms with E-state index in [0.717, 1.165) is 11.3 Å². The highest BCUT2D eigenvalue weighted by Crippen LogP contribution is 2.32. The summed E-state index contributed by atoms with van der Waals surface area (Å²) in [5.41, 5.74) is -0.340. The quantitative estimate of drug-likeness (QED) is 0.317. The smallest absolute Gasteiger partial charge is 0.381 e. The van der Waals surface area contributed by atoms with Crippen LogP contribution in [-0.4, -0.2) is 46.0 Å². The van der Waals surface area contributed by atoms with E-state index in [0.29, 0.717) is 15.7 Å². The van der Waals surface area contributed by atoms with E-state index in [4.69, 9.17) is 25.5 Å². The number of pyridine rings is 1. The first-order valence-electron chi connectivity index (χ1n) is 10.0. The van der Waals surface area contributed by atoms with Gasteiger partial charge in [-0.15, -0.1) is 10.2 Å². The average Bonchev–Trinajstić information content (AvgIpc) is 3.42. The average molecular weight is 521 g/mol. The van der Waals surface area contributed by atoms with Gasteiger partial charge in [0.25, 0.3) is 5.91 Å². The summed E-state index contributed by atoms with van der Waals surface area (Å²) in [6.07, 6.45) is 3.13. The summed E-state index contributed by atoms with van der Waals surface area (Å²) in [6, 6.07) is 5.50. The zero-order chi connectivity index (χ0) is 24.9. The maximum atomic E-state index is 14.1. The van der Waals surface area contributed by atoms with Crippen molar-refractivity contribution >= 4 is 45.5 Å². The number of amides is 1. The molecule has 14 heteroatoms. The molecular weight excluding hydrogens is 503 g/mol. The van der Waals surface area contributed by atoms with Crippen LogP contribution in [-0.2, 0) is 11.8 Å². The van der Waals surface area contributed by atoms with E-state index in [1.54, 1.807) is 23.9 Å². The largest absolute Gasteiger partial charge is 0.483 e. The number of rotatable bonds is 9. The number of nitrogens with zero attached hydrogens (tertiary/aromatic N) is 4. The van der Waals surface area contributed by atoms with Gasteiger partial charge in [0.2, 0.25) is 10.9 Å². The van der Waals surface area contributed by atoms with E-state index in [1.807, 2.05) is 0 Å². The van der Waals surface area contributed by atoms with Gasteiger partial charge in [0.15, 0.2) is 22.4 Å². The Labute approximate surface area is 206 Å². The van der Waals surface area contributed by atoms with Crippen LogP contribution in [0.4, 0.5) is 21.0 Å². The van der Waals surface area contributed by atoms with E-state index >= 15 is 0 Å². The predicted molar refractivity (Wildman–Crippen MR) is 127 cm³/mol. The third-order valence-corrected chi connectivity index (χ3v) is 5.70. The molecule has 182 valence electrons. The summed E-state index contributed by atoms with van der Waals surface area (Å²) in [5, 5.41) is 14.3. The van der Waals surface area contributed by atoms with Gasteiger partial charge in [-0.1, -0.05) is 22.9 Å². The summed E-state index contributed by atoms with van der Waals surface area (Å²) in [5.74, 6) is -2.26. The van der Waals surface area contributed by atoms with Gasteiger partial charge < -0.3 is 23.8 Å². The minimum Gasteiger partial charge on any atom is -0.483 e. The van der Waals surface area contributed by atoms with Gasteiger partial charge in [0.05, 0.1) is 23.0 Å². The number of hydrogen-bond acceptors (Lipinski definition) is 10. The normalized spacial score (nSPS) is 10.9. The Morgan fingerprint density at radius 3 is 2.86 bits per heavy atom. The Morgan fingerprint density at radius 2 is 2.14 bits per heavy atom. The van der Waals surface area contributed by atoms with E-state index in [2.05, 4.69) is 25.8 Å². The molecule has 0 aliphatic heterocycles. The van der Waals surface area contributed by atoms with Gasteiger partial charge in [-0.05, 0) is 18.2 Å². The molecule has 4 heterocycles. The number of nitrogens with one attached hydrogen (secondary N) is 2. The lowest BCUT2D eigenvalue weighted by molar-refractivity contribution is 0.0990. The van der Waals surface area contributed by atoms with Crippen LogP contribution in [0.15, 0.2) is 45.9 Å². The molecule has 0 aromatic carbocycles. The van der Waals surface area contributed by atoms with Crippen LogP contribution in [0, 0.1) is 5.82 Å². The Balaban J connectivity index is 1.61. The summed E-state index contributed by atoms with van der Waals surface area (Å²) < 4.78 is 31.4. The summed E-state index contributed by atoms with van der Waals surface area (Å²) in [6.45, 7) is 0.199. The molecule has 0 saturated heterocycles. The van der Waals surface area contributed by atoms with Gasteiger partial charge in [-0.2, -0.15) is 0 Å². The fourth-order valence-corrected chi connectivity index (χ4v) is 4.11. The third kappa shape index (κ3) is 5.48. The van der Waals surface area contributed by atoms with Crippen molar-refractivity contribution in [2.45, 2.75) is 0 Å². The van der Waals surface area contributed by atoms with E-state index in [-0.39, 0.29) is 41.4 Å². The summed E-state index contributed by atoms with van der Waals surface area (Å²) in [4.78, 5) is 29.3. The lowest BCUT2D eigenvalue weighted by Crippen LogP contribution is -2.18. The van der Waals surface area contributed by atoms with Crippen LogP contribution in [0.5, 0.6) is 5.75 Å². The molecule has 0 spiro atoms. The predicted octanol–water partition coefficient (Wildman–Crippen LogP) is 3.71. The van der Waals surface area contributed by atoms with Gasteiger partial charge >= 0.3 is 5.63 Å². The topological polar surface area (TPSA) is 133 Å². The Hall–Kier alpha value is -3.81. The fourth-order valence-electron chi connectivity index (χ4n) is 2.94. The molecule has 0 fully saturated rings. The summed E-state index contributed by atoms with van der Waals surface area (Å²) >= 11 is 7.26. The van der Waals surface area contributed by atoms with Crippen LogP contribution >= 0.6 is 22.9 Å². The van der Waals surface area contributed by atoms with Crippen molar-refractivity contribution in [2.75, 3.05) is 31.0 Å². The number of aromatic nitrogens is 4. The minimum atomic E-state index is -0.957. The highest BCUT2D eigenvalue weighted by Gasteiger charge is 2.21. The lowest BCUT2D eigenvalue weighted by atomic mass is 10.3. The zero-order valence-electron chi connectivity index (χ0n) is 18.4. The SMILES string of the molecule is COCCOc1c(Nc2ncccc2F)cc(C(=O)Nc2nnc(-c3c(Cl)ccn3C)s2)oc1=O. The first-order valence-corrected chi connectivity index (χ1v) is 11.2. The number of aryl methyl sites for hydroxylation is 1. The molecule has 2 N–H and O–H groups in total. The number of ether oxygens (including phenoxy) is 2. The summed E-state index contributed by atoms with van der Waals surface area (Å²) in [7, 11) is 3.26. The monoisotopic (exact) mass is 520 g/mol. The Kier molecular flexibility index (Phi) is 7.39. The van der Waals surface area contributed by atoms with Crippen LogP contribution in [0.1, 0.15) is 10.6 Å². The van der Waals surface area contributed by atoms with Crippen molar-refractivity contribution in [2.24, 2.45) is 7.05 Å². The van der Waals surface area contributed by atoms with E-state index in [1.165, 1.54) is 31.5 Å². The molecule has 4 aromatic rings. The molecular formula is C21H18ClFN6O5S. The van der Waals surface area contributed by atoms with Crippen molar-refractivity contribution in [3.63, 3.8) is 0 Å². The molecule has 1 amide bonds. The molecule has 4 aromatic heterocycles. The second-order valence-electron chi connectivity index (χ2n) is 6.93. The third-order valence-electron chi connectivity index (χ3n) is 4.55. The van der Waals surface area contributed by atoms with Crippen LogP contribution in [0.2, 0.25) is 5.02 Å². The number of halogens is 2. The van der Waals surface area contributed by atoms with Gasteiger partial charge in [-0.25, -0.2) is 14.2 Å². The van der Waals surface area contributed by atoms with Gasteiger partial charge in [0.1, 0.15) is 6.61 Å². The molecule has 11 nitrogen and oxygen atoms in total. The van der Waals surface area contributed by atoms with E-state index in [9.17, 15) is 14.0 Å². The van der Waals surface area contributed by atoms with Crippen molar-refractivity contribution in [3.05, 3.63) is 63.7 Å². The molecule has 0 radical (unpaired) electrons. The number of methoxy groups -OCH3 is 1. The second-order valence-corrected chi connectivity index (χ2v) is 8.32. The molecule has 0 saturated carbocycles. The van der Waals surface area contributed by atoms with Crippen molar-refractivity contribution in [1.29, 1.82) is 0 Å². The maximum absolute atomic E-state index is 14.1. The molecule has 0 bridgehead atoms. The standard InChI is InChI=1S/C21H18ClFN6O5S/c1-29-7-5-11(22)15(29)19-27-28-21(35-19)26-18(30)14-10-13(25-17-12(23)4-3-6-24-17)16(20(31)34-14)33-9-8-32-2/h3-7,10H,8-9H2,1-2H3,(H,24,25)(H,26,28,30). The molecule has 0 aliphatic rings. The van der Waals surface area contributed by atoms with Crippen molar-refractivity contribution in [3.8, 4) is 16.5 Å². The fraction of sp³-hybridized carbons (Fsp3) is 0.190. The van der Waals surface area contributed by atoms with Crippen LogP contribution in [0.3, 0.4) is 0 Å². The minimum absolute atomic E-state index is 0.0153. The number of anilines is 3. The number of hydrogen-bond donors (Lipinski definition) is 2. The number of carbonyl (C=O) groups excluding carboxylic acids is 1. The van der Waals surface area contributed by atoms with Crippen molar-refractivity contribution in [1.82, 2.24) is 19.7 Å². The lowest BCUT2D eigenvalue weighted by Gasteiger charge is -2.13. The first-order chi connectivity index (χ1) is 16.9. The number of carbonyl (C=O) groups is 1. The molecule has 4 rings (SSSR count). The molecule has 0 aliphatic carbocycles. The van der Waals surface area contributed by atoms with Gasteiger partial charge in [-0.3, -0.25) is 10.1 Å². The maximum Gasteiger partial charge on any atom is 0.381 e. The Bertz CT molecular complexity index is 1400. The zero-order valence-corrected chi connectivity index (χ0v) is 19.9. The second kappa shape index (κ2) is 10.6. The van der Waals surface area contributed by atoms with Crippen molar-refractivity contribution < 1.29 is 23.1 Å². The highest BCUT2D eigenvalue weighted by molar-refractivity contribution is 7.18. The first kappa shape index (κ1) is 24.3. The van der Waals surface area contributed by atoms with Crippen LogP contribution in [0.25, 0.3) is 10.7 Å². The highest BCUT2D eigenvalue weighted by atomic mass is 35.5. The molecule has 0 unspecified atom stereocenters. The van der Waals surface area contributed by atoms with Crippen LogP contribution < -0.4 is 21.0 Å². The van der Waals surface area contributed by atoms with E-state index < -0.39 is 17.3 Å².